The fourth-order valence-corrected chi connectivity index (χ4v) is 4.16. The van der Waals surface area contributed by atoms with Crippen LogP contribution in [0, 0.1) is 0 Å². The van der Waals surface area contributed by atoms with Crippen LogP contribution in [-0.2, 0) is 13.6 Å². The van der Waals surface area contributed by atoms with Crippen molar-refractivity contribution in [2.45, 2.75) is 19.6 Å². The van der Waals surface area contributed by atoms with E-state index in [-0.39, 0.29) is 13.2 Å². The van der Waals surface area contributed by atoms with E-state index in [1.807, 2.05) is 36.4 Å². The Morgan fingerprint density at radius 3 is 2.04 bits per heavy atom. The zero-order chi connectivity index (χ0) is 18.1. The summed E-state index contributed by atoms with van der Waals surface area (Å²) >= 11 is 0. The van der Waals surface area contributed by atoms with Crippen LogP contribution in [0.25, 0.3) is 6.08 Å². The van der Waals surface area contributed by atoms with Gasteiger partial charge in [-0.3, -0.25) is 9.77 Å². The monoisotopic (exact) mass is 361 g/mol. The number of nitrogens with zero attached hydrogens (tertiary/aromatic N) is 1. The van der Waals surface area contributed by atoms with Gasteiger partial charge in [-0.25, -0.2) is 5.06 Å². The fraction of sp³-hybridized carbons (Fsp3) is 0.263. The molecule has 0 aliphatic heterocycles. The molecule has 0 saturated carbocycles. The van der Waals surface area contributed by atoms with Crippen LogP contribution in [0.5, 0.6) is 0 Å². The molecule has 0 aliphatic rings. The van der Waals surface area contributed by atoms with Gasteiger partial charge in [-0.1, -0.05) is 54.6 Å². The molecule has 134 valence electrons. The summed E-state index contributed by atoms with van der Waals surface area (Å²) in [4.78, 5) is 0. The van der Waals surface area contributed by atoms with Crippen LogP contribution in [0.1, 0.15) is 19.4 Å². The second-order valence-corrected chi connectivity index (χ2v) is 7.36. The molecule has 2 aromatic carbocycles. The van der Waals surface area contributed by atoms with Gasteiger partial charge in [0.25, 0.3) is 0 Å². The summed E-state index contributed by atoms with van der Waals surface area (Å²) in [6.07, 6.45) is 3.44. The van der Waals surface area contributed by atoms with Crippen molar-refractivity contribution in [2.75, 3.05) is 18.3 Å². The molecule has 0 heterocycles. The molecule has 25 heavy (non-hydrogen) atoms. The van der Waals surface area contributed by atoms with Crippen LogP contribution >= 0.6 is 7.60 Å². The molecule has 0 bridgehead atoms. The number of hydrogen-bond acceptors (Lipinski definition) is 5. The van der Waals surface area contributed by atoms with Crippen molar-refractivity contribution >= 4 is 19.4 Å². The van der Waals surface area contributed by atoms with Gasteiger partial charge in [0.2, 0.25) is 0 Å². The number of para-hydroxylation sites is 1. The molecular formula is C19H24NO4P. The van der Waals surface area contributed by atoms with E-state index >= 15 is 0 Å². The summed E-state index contributed by atoms with van der Waals surface area (Å²) in [6, 6.07) is 18.5. The number of hydroxylamine groups is 1. The van der Waals surface area contributed by atoms with Gasteiger partial charge in [-0.05, 0) is 37.6 Å². The summed E-state index contributed by atoms with van der Waals surface area (Å²) in [6.45, 7) is 3.92. The summed E-state index contributed by atoms with van der Waals surface area (Å²) in [5, 5.41) is 11.6. The third-order valence-corrected chi connectivity index (χ3v) is 5.75. The van der Waals surface area contributed by atoms with Crippen LogP contribution in [0.2, 0.25) is 0 Å². The predicted octanol–water partition coefficient (Wildman–Crippen LogP) is 5.19. The summed E-state index contributed by atoms with van der Waals surface area (Å²) < 4.78 is 24.1. The van der Waals surface area contributed by atoms with Crippen molar-refractivity contribution in [3.63, 3.8) is 0 Å². The first-order valence-corrected chi connectivity index (χ1v) is 9.87. The van der Waals surface area contributed by atoms with Gasteiger partial charge in [-0.2, -0.15) is 0 Å². The maximum Gasteiger partial charge on any atom is 0.359 e. The lowest BCUT2D eigenvalue weighted by Crippen LogP contribution is -2.32. The minimum atomic E-state index is -3.60. The van der Waals surface area contributed by atoms with E-state index in [2.05, 4.69) is 0 Å². The van der Waals surface area contributed by atoms with Gasteiger partial charge in [0.1, 0.15) is 0 Å². The number of benzene rings is 2. The van der Waals surface area contributed by atoms with E-state index in [1.165, 1.54) is 0 Å². The van der Waals surface area contributed by atoms with Crippen molar-refractivity contribution in [1.29, 1.82) is 0 Å². The van der Waals surface area contributed by atoms with Crippen molar-refractivity contribution in [1.82, 2.24) is 0 Å². The van der Waals surface area contributed by atoms with E-state index in [1.54, 1.807) is 50.3 Å². The zero-order valence-corrected chi connectivity index (χ0v) is 15.4. The number of rotatable bonds is 9. The lowest BCUT2D eigenvalue weighted by atomic mass is 10.2. The Labute approximate surface area is 149 Å². The van der Waals surface area contributed by atoms with Gasteiger partial charge in [0, 0.05) is 0 Å². The maximum absolute atomic E-state index is 13.3. The largest absolute Gasteiger partial charge is 0.359 e. The third kappa shape index (κ3) is 5.28. The quantitative estimate of drug-likeness (QED) is 0.492. The molecular weight excluding hydrogens is 337 g/mol. The van der Waals surface area contributed by atoms with Crippen molar-refractivity contribution in [3.8, 4) is 0 Å². The topological polar surface area (TPSA) is 59.0 Å². The van der Waals surface area contributed by atoms with E-state index in [9.17, 15) is 9.77 Å². The molecule has 1 unspecified atom stereocenters. The Balaban J connectivity index is 2.39. The molecule has 0 saturated heterocycles. The SMILES string of the molecule is CCOP(=O)(OCC)C(/C=C/c1ccccc1)N(O)c1ccccc1. The van der Waals surface area contributed by atoms with Crippen LogP contribution in [0.4, 0.5) is 5.69 Å². The van der Waals surface area contributed by atoms with Crippen molar-refractivity contribution < 1.29 is 18.8 Å². The third-order valence-electron chi connectivity index (χ3n) is 3.47. The fourth-order valence-electron chi connectivity index (χ4n) is 2.37. The van der Waals surface area contributed by atoms with E-state index in [4.69, 9.17) is 9.05 Å². The molecule has 2 aromatic rings. The van der Waals surface area contributed by atoms with Crippen molar-refractivity contribution in [3.05, 3.63) is 72.3 Å². The van der Waals surface area contributed by atoms with E-state index in [0.29, 0.717) is 5.69 Å². The molecule has 6 heteroatoms. The highest BCUT2D eigenvalue weighted by Crippen LogP contribution is 2.55. The Bertz CT molecular complexity index is 696. The Hall–Kier alpha value is -1.91. The summed E-state index contributed by atoms with van der Waals surface area (Å²) in [5.74, 6) is -0.963. The number of hydrogen-bond donors (Lipinski definition) is 1. The molecule has 0 aliphatic carbocycles. The molecule has 0 spiro atoms. The smallest absolute Gasteiger partial charge is 0.307 e. The van der Waals surface area contributed by atoms with Crippen LogP contribution in [0.3, 0.4) is 0 Å². The normalized spacial score (nSPS) is 13.1. The summed E-state index contributed by atoms with van der Waals surface area (Å²) in [5.41, 5.74) is 1.43. The van der Waals surface area contributed by atoms with Gasteiger partial charge in [0.15, 0.2) is 5.78 Å². The van der Waals surface area contributed by atoms with Gasteiger partial charge in [0.05, 0.1) is 18.9 Å². The molecule has 1 N–H and O–H groups in total. The minimum Gasteiger partial charge on any atom is -0.307 e. The molecule has 0 fully saturated rings. The first-order chi connectivity index (χ1) is 12.1. The molecule has 5 nitrogen and oxygen atoms in total. The average Bonchev–Trinajstić information content (AvgIpc) is 2.63. The van der Waals surface area contributed by atoms with Crippen LogP contribution < -0.4 is 5.06 Å². The van der Waals surface area contributed by atoms with Gasteiger partial charge < -0.3 is 9.05 Å². The molecule has 2 rings (SSSR count). The Kier molecular flexibility index (Phi) is 7.41. The van der Waals surface area contributed by atoms with Gasteiger partial charge in [-0.15, -0.1) is 0 Å². The Morgan fingerprint density at radius 2 is 1.52 bits per heavy atom. The van der Waals surface area contributed by atoms with E-state index < -0.39 is 13.4 Å². The highest BCUT2D eigenvalue weighted by atomic mass is 31.2. The molecule has 0 aromatic heterocycles. The number of anilines is 1. The molecule has 1 atom stereocenters. The van der Waals surface area contributed by atoms with Crippen molar-refractivity contribution in [2.24, 2.45) is 0 Å². The first-order valence-electron chi connectivity index (χ1n) is 8.26. The lowest BCUT2D eigenvalue weighted by molar-refractivity contribution is 0.189. The standard InChI is InChI=1S/C19H24NO4P/c1-3-23-25(22,24-4-2)19(16-15-17-11-7-5-8-12-17)20(21)18-13-9-6-10-14-18/h5-16,19,21H,3-4H2,1-2H3/b16-15+. The second-order valence-electron chi connectivity index (χ2n) is 5.24. The molecule has 0 radical (unpaired) electrons. The summed E-state index contributed by atoms with van der Waals surface area (Å²) in [7, 11) is -3.60. The highest BCUT2D eigenvalue weighted by molar-refractivity contribution is 7.55. The highest BCUT2D eigenvalue weighted by Gasteiger charge is 2.38. The van der Waals surface area contributed by atoms with E-state index in [0.717, 1.165) is 10.6 Å². The maximum atomic E-state index is 13.3. The van der Waals surface area contributed by atoms with Crippen LogP contribution in [0.15, 0.2) is 66.7 Å². The van der Waals surface area contributed by atoms with Crippen LogP contribution in [-0.4, -0.2) is 24.2 Å². The molecule has 0 amide bonds. The average molecular weight is 361 g/mol. The lowest BCUT2D eigenvalue weighted by Gasteiger charge is -2.30. The first kappa shape index (κ1) is 19.4. The van der Waals surface area contributed by atoms with Gasteiger partial charge >= 0.3 is 7.60 Å². The second kappa shape index (κ2) is 9.54. The predicted molar refractivity (Wildman–Crippen MR) is 101 cm³/mol. The minimum absolute atomic E-state index is 0.218. The zero-order valence-electron chi connectivity index (χ0n) is 14.5. The Morgan fingerprint density at radius 1 is 1.00 bits per heavy atom.